The van der Waals surface area contributed by atoms with Crippen molar-refractivity contribution in [3.8, 4) is 5.88 Å². The summed E-state index contributed by atoms with van der Waals surface area (Å²) in [6.45, 7) is 3.68. The van der Waals surface area contributed by atoms with Crippen molar-refractivity contribution in [2.75, 3.05) is 0 Å². The third kappa shape index (κ3) is 2.14. The highest BCUT2D eigenvalue weighted by Crippen LogP contribution is 2.21. The fourth-order valence-corrected chi connectivity index (χ4v) is 1.68. The van der Waals surface area contributed by atoms with E-state index >= 15 is 0 Å². The van der Waals surface area contributed by atoms with Gasteiger partial charge in [0.25, 0.3) is 0 Å². The summed E-state index contributed by atoms with van der Waals surface area (Å²) in [4.78, 5) is 0. The molecule has 0 aliphatic carbocycles. The Balaban J connectivity index is 2.26. The lowest BCUT2D eigenvalue weighted by atomic mass is 10.0. The number of hydrogen-bond acceptors (Lipinski definition) is 2. The summed E-state index contributed by atoms with van der Waals surface area (Å²) in [5.41, 5.74) is 2.87. The predicted octanol–water partition coefficient (Wildman–Crippen LogP) is 2.43. The Hall–Kier alpha value is -2.03. The van der Waals surface area contributed by atoms with Gasteiger partial charge in [0.2, 0.25) is 5.88 Å². The molecular formula is C13H14N2O. The van der Waals surface area contributed by atoms with Gasteiger partial charge in [-0.1, -0.05) is 36.4 Å². The van der Waals surface area contributed by atoms with Gasteiger partial charge in [-0.3, -0.25) is 0 Å². The molecule has 1 heterocycles. The number of rotatable bonds is 4. The average molecular weight is 214 g/mol. The van der Waals surface area contributed by atoms with Crippen molar-refractivity contribution >= 4 is 0 Å². The third-order valence-corrected chi connectivity index (χ3v) is 2.49. The van der Waals surface area contributed by atoms with Crippen LogP contribution in [0.1, 0.15) is 16.8 Å². The summed E-state index contributed by atoms with van der Waals surface area (Å²) in [6.07, 6.45) is 3.13. The van der Waals surface area contributed by atoms with Crippen molar-refractivity contribution in [2.24, 2.45) is 0 Å². The molecule has 0 aliphatic rings. The van der Waals surface area contributed by atoms with Crippen LogP contribution < -0.4 is 0 Å². The Labute approximate surface area is 94.5 Å². The second-order valence-corrected chi connectivity index (χ2v) is 3.65. The minimum absolute atomic E-state index is 0.153. The number of allylic oxidation sites excluding steroid dienone is 1. The zero-order valence-corrected chi connectivity index (χ0v) is 8.98. The van der Waals surface area contributed by atoms with E-state index in [-0.39, 0.29) is 5.88 Å². The summed E-state index contributed by atoms with van der Waals surface area (Å²) in [7, 11) is 0. The quantitative estimate of drug-likeness (QED) is 0.768. The summed E-state index contributed by atoms with van der Waals surface area (Å²) >= 11 is 0. The van der Waals surface area contributed by atoms with Gasteiger partial charge in [-0.2, -0.15) is 5.10 Å². The Kier molecular flexibility index (Phi) is 3.05. The van der Waals surface area contributed by atoms with E-state index in [0.29, 0.717) is 12.8 Å². The SMILES string of the molecule is C=CCc1n[nH]c(O)c1Cc1ccccc1. The van der Waals surface area contributed by atoms with Crippen LogP contribution in [0.3, 0.4) is 0 Å². The maximum Gasteiger partial charge on any atom is 0.210 e. The maximum atomic E-state index is 9.67. The van der Waals surface area contributed by atoms with E-state index in [9.17, 15) is 5.11 Å². The number of aromatic amines is 1. The zero-order valence-electron chi connectivity index (χ0n) is 8.98. The Morgan fingerprint density at radius 3 is 2.75 bits per heavy atom. The van der Waals surface area contributed by atoms with Crippen LogP contribution >= 0.6 is 0 Å². The summed E-state index contributed by atoms with van der Waals surface area (Å²) < 4.78 is 0. The fourth-order valence-electron chi connectivity index (χ4n) is 1.68. The second-order valence-electron chi connectivity index (χ2n) is 3.65. The first-order valence-electron chi connectivity index (χ1n) is 5.21. The average Bonchev–Trinajstić information content (AvgIpc) is 2.64. The van der Waals surface area contributed by atoms with E-state index in [4.69, 9.17) is 0 Å². The molecule has 0 unspecified atom stereocenters. The highest BCUT2D eigenvalue weighted by atomic mass is 16.3. The molecule has 0 aliphatic heterocycles. The Morgan fingerprint density at radius 1 is 1.31 bits per heavy atom. The molecule has 0 atom stereocenters. The number of nitrogens with zero attached hydrogens (tertiary/aromatic N) is 1. The number of H-pyrrole nitrogens is 1. The van der Waals surface area contributed by atoms with Crippen LogP contribution in [0.25, 0.3) is 0 Å². The van der Waals surface area contributed by atoms with Gasteiger partial charge >= 0.3 is 0 Å². The molecule has 2 N–H and O–H groups in total. The number of benzene rings is 1. The molecule has 0 saturated heterocycles. The summed E-state index contributed by atoms with van der Waals surface area (Å²) in [6, 6.07) is 10.0. The van der Waals surface area contributed by atoms with Crippen LogP contribution in [0.15, 0.2) is 43.0 Å². The largest absolute Gasteiger partial charge is 0.493 e. The van der Waals surface area contributed by atoms with Gasteiger partial charge in [0.15, 0.2) is 0 Å². The molecule has 82 valence electrons. The predicted molar refractivity (Wildman–Crippen MR) is 63.4 cm³/mol. The number of nitrogens with one attached hydrogen (secondary N) is 1. The molecular weight excluding hydrogens is 200 g/mol. The van der Waals surface area contributed by atoms with Crippen molar-refractivity contribution in [1.82, 2.24) is 10.2 Å². The molecule has 2 rings (SSSR count). The first kappa shape index (κ1) is 10.5. The molecule has 3 nitrogen and oxygen atoms in total. The maximum absolute atomic E-state index is 9.67. The number of aromatic hydroxyl groups is 1. The van der Waals surface area contributed by atoms with Gasteiger partial charge in [-0.05, 0) is 5.56 Å². The molecule has 0 spiro atoms. The molecule has 0 bridgehead atoms. The van der Waals surface area contributed by atoms with Gasteiger partial charge in [-0.25, -0.2) is 5.10 Å². The number of hydrogen-bond donors (Lipinski definition) is 2. The lowest BCUT2D eigenvalue weighted by Gasteiger charge is -2.01. The second kappa shape index (κ2) is 4.66. The molecule has 16 heavy (non-hydrogen) atoms. The zero-order chi connectivity index (χ0) is 11.4. The van der Waals surface area contributed by atoms with Gasteiger partial charge in [-0.15, -0.1) is 6.58 Å². The minimum atomic E-state index is 0.153. The van der Waals surface area contributed by atoms with Crippen molar-refractivity contribution in [3.63, 3.8) is 0 Å². The normalized spacial score (nSPS) is 10.2. The topological polar surface area (TPSA) is 48.9 Å². The first-order valence-corrected chi connectivity index (χ1v) is 5.21. The summed E-state index contributed by atoms with van der Waals surface area (Å²) in [5.74, 6) is 0.153. The van der Waals surface area contributed by atoms with Crippen molar-refractivity contribution in [3.05, 3.63) is 59.8 Å². The highest BCUT2D eigenvalue weighted by Gasteiger charge is 2.11. The van der Waals surface area contributed by atoms with Crippen LogP contribution in [0.5, 0.6) is 5.88 Å². The van der Waals surface area contributed by atoms with Gasteiger partial charge in [0.1, 0.15) is 0 Å². The highest BCUT2D eigenvalue weighted by molar-refractivity contribution is 5.35. The lowest BCUT2D eigenvalue weighted by Crippen LogP contribution is -1.92. The minimum Gasteiger partial charge on any atom is -0.493 e. The molecule has 1 aromatic heterocycles. The molecule has 0 saturated carbocycles. The van der Waals surface area contributed by atoms with Gasteiger partial charge < -0.3 is 5.11 Å². The molecule has 0 amide bonds. The third-order valence-electron chi connectivity index (χ3n) is 2.49. The molecule has 1 aromatic carbocycles. The van der Waals surface area contributed by atoms with E-state index in [1.807, 2.05) is 30.3 Å². The molecule has 3 heteroatoms. The van der Waals surface area contributed by atoms with E-state index in [0.717, 1.165) is 16.8 Å². The number of aromatic nitrogens is 2. The summed E-state index contributed by atoms with van der Waals surface area (Å²) in [5, 5.41) is 16.3. The van der Waals surface area contributed by atoms with Crippen LogP contribution in [-0.4, -0.2) is 15.3 Å². The van der Waals surface area contributed by atoms with Crippen molar-refractivity contribution < 1.29 is 5.11 Å². The monoisotopic (exact) mass is 214 g/mol. The smallest absolute Gasteiger partial charge is 0.210 e. The molecule has 0 fully saturated rings. The van der Waals surface area contributed by atoms with E-state index < -0.39 is 0 Å². The molecule has 2 aromatic rings. The fraction of sp³-hybridized carbons (Fsp3) is 0.154. The van der Waals surface area contributed by atoms with Crippen molar-refractivity contribution in [1.29, 1.82) is 0 Å². The van der Waals surface area contributed by atoms with E-state index in [1.165, 1.54) is 0 Å². The van der Waals surface area contributed by atoms with E-state index in [1.54, 1.807) is 6.08 Å². The van der Waals surface area contributed by atoms with Crippen LogP contribution in [0.4, 0.5) is 0 Å². The van der Waals surface area contributed by atoms with E-state index in [2.05, 4.69) is 16.8 Å². The first-order chi connectivity index (χ1) is 7.81. The molecule has 0 radical (unpaired) electrons. The van der Waals surface area contributed by atoms with Crippen LogP contribution in [0.2, 0.25) is 0 Å². The van der Waals surface area contributed by atoms with Crippen molar-refractivity contribution in [2.45, 2.75) is 12.8 Å². The Morgan fingerprint density at radius 2 is 2.06 bits per heavy atom. The lowest BCUT2D eigenvalue weighted by molar-refractivity contribution is 0.447. The van der Waals surface area contributed by atoms with Gasteiger partial charge in [0, 0.05) is 18.4 Å². The van der Waals surface area contributed by atoms with Gasteiger partial charge in [0.05, 0.1) is 5.69 Å². The van der Waals surface area contributed by atoms with Crippen LogP contribution in [0, 0.1) is 0 Å². The standard InChI is InChI=1S/C13H14N2O/c1-2-6-12-11(13(16)15-14-12)9-10-7-4-3-5-8-10/h2-5,7-8H,1,6,9H2,(H2,14,15,16). The van der Waals surface area contributed by atoms with Crippen LogP contribution in [-0.2, 0) is 12.8 Å². The Bertz CT molecular complexity index is 474.